The Morgan fingerprint density at radius 1 is 1.27 bits per heavy atom. The van der Waals surface area contributed by atoms with E-state index >= 15 is 0 Å². The average molecular weight is 421 g/mol. The summed E-state index contributed by atoms with van der Waals surface area (Å²) in [7, 11) is 1.58. The number of rotatable bonds is 4. The third kappa shape index (κ3) is 3.69. The van der Waals surface area contributed by atoms with Crippen molar-refractivity contribution in [1.29, 1.82) is 0 Å². The Hall–Kier alpha value is -1.73. The molecule has 0 bridgehead atoms. The van der Waals surface area contributed by atoms with Gasteiger partial charge in [0.15, 0.2) is 5.82 Å². The molecule has 7 heteroatoms. The van der Waals surface area contributed by atoms with Gasteiger partial charge in [-0.05, 0) is 47.2 Å². The van der Waals surface area contributed by atoms with Crippen LogP contribution >= 0.6 is 15.9 Å². The molecule has 3 rings (SSSR count). The van der Waals surface area contributed by atoms with E-state index in [1.807, 2.05) is 13.0 Å². The summed E-state index contributed by atoms with van der Waals surface area (Å²) in [5, 5.41) is 9.91. The van der Waals surface area contributed by atoms with Crippen LogP contribution in [0.2, 0.25) is 0 Å². The first-order valence-corrected chi connectivity index (χ1v) is 9.58. The summed E-state index contributed by atoms with van der Waals surface area (Å²) in [4.78, 5) is 16.0. The van der Waals surface area contributed by atoms with E-state index in [0.717, 1.165) is 53.2 Å². The summed E-state index contributed by atoms with van der Waals surface area (Å²) in [5.74, 6) is 1.29. The first-order chi connectivity index (χ1) is 12.4. The molecule has 1 fully saturated rings. The SMILES string of the molecule is COc1nccc(-c2nc(CO)c(N3CCC(C)(C)CC3)nc2C)c1Br. The van der Waals surface area contributed by atoms with Crippen LogP contribution in [0.1, 0.15) is 38.1 Å². The van der Waals surface area contributed by atoms with Gasteiger partial charge in [-0.15, -0.1) is 0 Å². The first kappa shape index (κ1) is 19.0. The Balaban J connectivity index is 2.01. The van der Waals surface area contributed by atoms with Crippen LogP contribution in [0.4, 0.5) is 5.82 Å². The van der Waals surface area contributed by atoms with E-state index in [9.17, 15) is 5.11 Å². The van der Waals surface area contributed by atoms with Crippen LogP contribution in [-0.2, 0) is 6.61 Å². The van der Waals surface area contributed by atoms with Gasteiger partial charge in [-0.3, -0.25) is 0 Å². The number of hydrogen-bond acceptors (Lipinski definition) is 6. The third-order valence-corrected chi connectivity index (χ3v) is 5.76. The van der Waals surface area contributed by atoms with Crippen LogP contribution in [0.5, 0.6) is 5.88 Å². The molecule has 0 atom stereocenters. The summed E-state index contributed by atoms with van der Waals surface area (Å²) in [5.41, 5.74) is 3.35. The molecule has 6 nitrogen and oxygen atoms in total. The fourth-order valence-corrected chi connectivity index (χ4v) is 3.81. The van der Waals surface area contributed by atoms with Crippen molar-refractivity contribution in [1.82, 2.24) is 15.0 Å². The van der Waals surface area contributed by atoms with Crippen LogP contribution in [-0.4, -0.2) is 40.3 Å². The van der Waals surface area contributed by atoms with E-state index in [1.54, 1.807) is 13.3 Å². The molecular formula is C19H25BrN4O2. The average Bonchev–Trinajstić information content (AvgIpc) is 2.62. The van der Waals surface area contributed by atoms with E-state index in [2.05, 4.69) is 39.7 Å². The highest BCUT2D eigenvalue weighted by Gasteiger charge is 2.28. The Bertz CT molecular complexity index is 800. The summed E-state index contributed by atoms with van der Waals surface area (Å²) < 4.78 is 6.01. The quantitative estimate of drug-likeness (QED) is 0.811. The minimum atomic E-state index is -0.144. The fourth-order valence-electron chi connectivity index (χ4n) is 3.23. The smallest absolute Gasteiger partial charge is 0.228 e. The lowest BCUT2D eigenvalue weighted by molar-refractivity contribution is 0.268. The van der Waals surface area contributed by atoms with E-state index in [4.69, 9.17) is 14.7 Å². The molecule has 26 heavy (non-hydrogen) atoms. The molecule has 1 aliphatic heterocycles. The molecular weight excluding hydrogens is 396 g/mol. The highest BCUT2D eigenvalue weighted by Crippen LogP contribution is 2.36. The van der Waals surface area contributed by atoms with E-state index in [-0.39, 0.29) is 6.61 Å². The zero-order valence-electron chi connectivity index (χ0n) is 15.7. The minimum Gasteiger partial charge on any atom is -0.480 e. The number of aromatic nitrogens is 3. The molecule has 0 radical (unpaired) electrons. The zero-order chi connectivity index (χ0) is 18.9. The Morgan fingerprint density at radius 3 is 2.58 bits per heavy atom. The zero-order valence-corrected chi connectivity index (χ0v) is 17.3. The monoisotopic (exact) mass is 420 g/mol. The molecule has 3 heterocycles. The van der Waals surface area contributed by atoms with Gasteiger partial charge in [0.1, 0.15) is 5.69 Å². The van der Waals surface area contributed by atoms with Crippen LogP contribution < -0.4 is 9.64 Å². The molecule has 1 N–H and O–H groups in total. The Labute approximate surface area is 162 Å². The summed E-state index contributed by atoms with van der Waals surface area (Å²) in [6, 6.07) is 1.87. The molecule has 0 aliphatic carbocycles. The molecule has 0 aromatic carbocycles. The van der Waals surface area contributed by atoms with Gasteiger partial charge in [-0.25, -0.2) is 15.0 Å². The second-order valence-corrected chi connectivity index (χ2v) is 8.21. The van der Waals surface area contributed by atoms with Crippen molar-refractivity contribution in [3.05, 3.63) is 28.1 Å². The predicted molar refractivity (Wildman–Crippen MR) is 105 cm³/mol. The molecule has 0 unspecified atom stereocenters. The van der Waals surface area contributed by atoms with Crippen molar-refractivity contribution in [2.24, 2.45) is 5.41 Å². The van der Waals surface area contributed by atoms with Gasteiger partial charge in [0.2, 0.25) is 5.88 Å². The van der Waals surface area contributed by atoms with Crippen molar-refractivity contribution in [3.63, 3.8) is 0 Å². The molecule has 0 spiro atoms. The third-order valence-electron chi connectivity index (χ3n) is 4.99. The van der Waals surface area contributed by atoms with Crippen molar-refractivity contribution < 1.29 is 9.84 Å². The minimum absolute atomic E-state index is 0.144. The maximum atomic E-state index is 9.91. The number of methoxy groups -OCH3 is 1. The number of anilines is 1. The van der Waals surface area contributed by atoms with Crippen molar-refractivity contribution in [2.75, 3.05) is 25.1 Å². The molecule has 2 aromatic heterocycles. The highest BCUT2D eigenvalue weighted by molar-refractivity contribution is 9.10. The van der Waals surface area contributed by atoms with Crippen LogP contribution in [0.3, 0.4) is 0 Å². The molecule has 0 saturated carbocycles. The Morgan fingerprint density at radius 2 is 1.96 bits per heavy atom. The number of halogens is 1. The first-order valence-electron chi connectivity index (χ1n) is 8.78. The summed E-state index contributed by atoms with van der Waals surface area (Å²) >= 11 is 3.54. The second-order valence-electron chi connectivity index (χ2n) is 7.42. The van der Waals surface area contributed by atoms with Gasteiger partial charge in [0.05, 0.1) is 29.6 Å². The number of pyridine rings is 1. The molecule has 2 aromatic rings. The van der Waals surface area contributed by atoms with Crippen LogP contribution in [0, 0.1) is 12.3 Å². The number of hydrogen-bond donors (Lipinski definition) is 1. The second kappa shape index (κ2) is 7.48. The topological polar surface area (TPSA) is 71.4 Å². The van der Waals surface area contributed by atoms with Gasteiger partial charge < -0.3 is 14.7 Å². The lowest BCUT2D eigenvalue weighted by atomic mass is 9.82. The lowest BCUT2D eigenvalue weighted by Crippen LogP contribution is -2.38. The van der Waals surface area contributed by atoms with Crippen molar-refractivity contribution >= 4 is 21.7 Å². The summed E-state index contributed by atoms with van der Waals surface area (Å²) in [6.45, 7) is 8.26. The predicted octanol–water partition coefficient (Wildman–Crippen LogP) is 3.74. The van der Waals surface area contributed by atoms with Gasteiger partial charge in [-0.1, -0.05) is 13.8 Å². The van der Waals surface area contributed by atoms with E-state index in [1.165, 1.54) is 0 Å². The summed E-state index contributed by atoms with van der Waals surface area (Å²) in [6.07, 6.45) is 3.89. The standard InChI is InChI=1S/C19H25BrN4O2/c1-12-16(13-5-8-21-18(26-4)15(13)20)23-14(11-25)17(22-12)24-9-6-19(2,3)7-10-24/h5,8,25H,6-7,9-11H2,1-4H3. The van der Waals surface area contributed by atoms with Gasteiger partial charge in [-0.2, -0.15) is 0 Å². The lowest BCUT2D eigenvalue weighted by Gasteiger charge is -2.38. The molecule has 140 valence electrons. The Kier molecular flexibility index (Phi) is 5.48. The van der Waals surface area contributed by atoms with E-state index in [0.29, 0.717) is 17.0 Å². The number of ether oxygens (including phenoxy) is 1. The number of nitrogens with zero attached hydrogens (tertiary/aromatic N) is 4. The van der Waals surface area contributed by atoms with Crippen molar-refractivity contribution in [3.8, 4) is 17.1 Å². The van der Waals surface area contributed by atoms with Gasteiger partial charge in [0, 0.05) is 24.8 Å². The fraction of sp³-hybridized carbons (Fsp3) is 0.526. The molecule has 1 aliphatic rings. The maximum absolute atomic E-state index is 9.91. The number of aryl methyl sites for hydroxylation is 1. The number of aliphatic hydroxyl groups excluding tert-OH is 1. The normalized spacial score (nSPS) is 16.6. The number of aliphatic hydroxyl groups is 1. The largest absolute Gasteiger partial charge is 0.480 e. The number of piperidine rings is 1. The maximum Gasteiger partial charge on any atom is 0.228 e. The van der Waals surface area contributed by atoms with Crippen molar-refractivity contribution in [2.45, 2.75) is 40.2 Å². The van der Waals surface area contributed by atoms with Gasteiger partial charge >= 0.3 is 0 Å². The molecule has 1 saturated heterocycles. The van der Waals surface area contributed by atoms with Crippen LogP contribution in [0.25, 0.3) is 11.3 Å². The highest BCUT2D eigenvalue weighted by atomic mass is 79.9. The van der Waals surface area contributed by atoms with E-state index < -0.39 is 0 Å². The molecule has 0 amide bonds. The van der Waals surface area contributed by atoms with Gasteiger partial charge in [0.25, 0.3) is 0 Å². The van der Waals surface area contributed by atoms with Crippen LogP contribution in [0.15, 0.2) is 16.7 Å².